The van der Waals surface area contributed by atoms with E-state index in [2.05, 4.69) is 33.3 Å². The molecule has 1 saturated heterocycles. The van der Waals surface area contributed by atoms with E-state index in [1.165, 1.54) is 5.56 Å². The standard InChI is InChI=1S/C16H24N4O/c1-2-3-12(10-21)15-19-14-13(6-9-18-16(14)20-15)11-4-7-17-8-5-11/h6,9,11-12,17,21H,2-5,7-8,10H2,1H3,(H,18,19,20). The second-order valence-corrected chi connectivity index (χ2v) is 5.91. The normalized spacial score (nSPS) is 18.2. The molecule has 5 heteroatoms. The number of aromatic amines is 1. The highest BCUT2D eigenvalue weighted by Crippen LogP contribution is 2.30. The van der Waals surface area contributed by atoms with Crippen LogP contribution in [0, 0.1) is 0 Å². The van der Waals surface area contributed by atoms with Crippen molar-refractivity contribution in [3.8, 4) is 0 Å². The number of nitrogens with one attached hydrogen (secondary N) is 2. The van der Waals surface area contributed by atoms with Gasteiger partial charge in [-0.15, -0.1) is 0 Å². The Bertz CT molecular complexity index is 589. The van der Waals surface area contributed by atoms with E-state index in [0.717, 1.165) is 55.8 Å². The predicted octanol–water partition coefficient (Wildman–Crippen LogP) is 2.30. The second kappa shape index (κ2) is 6.54. The van der Waals surface area contributed by atoms with Crippen LogP contribution in [0.25, 0.3) is 11.2 Å². The smallest absolute Gasteiger partial charge is 0.177 e. The van der Waals surface area contributed by atoms with E-state index in [4.69, 9.17) is 0 Å². The maximum Gasteiger partial charge on any atom is 0.177 e. The molecule has 3 heterocycles. The molecule has 2 aromatic rings. The first-order valence-corrected chi connectivity index (χ1v) is 7.99. The summed E-state index contributed by atoms with van der Waals surface area (Å²) in [5.41, 5.74) is 3.18. The van der Waals surface area contributed by atoms with Gasteiger partial charge in [-0.25, -0.2) is 9.97 Å². The molecule has 0 spiro atoms. The summed E-state index contributed by atoms with van der Waals surface area (Å²) in [7, 11) is 0. The molecule has 0 aromatic carbocycles. The highest BCUT2D eigenvalue weighted by Gasteiger charge is 2.21. The summed E-state index contributed by atoms with van der Waals surface area (Å²) in [6.45, 7) is 4.41. The fourth-order valence-corrected chi connectivity index (χ4v) is 3.28. The molecule has 3 rings (SSSR count). The Kier molecular flexibility index (Phi) is 4.51. The Hall–Kier alpha value is -1.46. The number of fused-ring (bicyclic) bond motifs is 1. The lowest BCUT2D eigenvalue weighted by Gasteiger charge is -2.23. The van der Waals surface area contributed by atoms with E-state index in [0.29, 0.717) is 5.92 Å². The van der Waals surface area contributed by atoms with Crippen molar-refractivity contribution in [3.63, 3.8) is 0 Å². The molecule has 0 saturated carbocycles. The summed E-state index contributed by atoms with van der Waals surface area (Å²) in [6, 6.07) is 2.12. The number of aliphatic hydroxyl groups excluding tert-OH is 1. The molecule has 1 fully saturated rings. The molecule has 5 nitrogen and oxygen atoms in total. The molecule has 0 radical (unpaired) electrons. The highest BCUT2D eigenvalue weighted by atomic mass is 16.3. The van der Waals surface area contributed by atoms with Gasteiger partial charge < -0.3 is 15.4 Å². The Balaban J connectivity index is 1.96. The Morgan fingerprint density at radius 2 is 2.19 bits per heavy atom. The molecule has 2 aromatic heterocycles. The summed E-state index contributed by atoms with van der Waals surface area (Å²) < 4.78 is 0. The number of aliphatic hydroxyl groups is 1. The molecular formula is C16H24N4O. The number of nitrogens with zero attached hydrogens (tertiary/aromatic N) is 2. The monoisotopic (exact) mass is 288 g/mol. The Labute approximate surface area is 125 Å². The van der Waals surface area contributed by atoms with Gasteiger partial charge in [-0.05, 0) is 49.9 Å². The summed E-state index contributed by atoms with van der Waals surface area (Å²) >= 11 is 0. The number of hydrogen-bond donors (Lipinski definition) is 3. The van der Waals surface area contributed by atoms with Gasteiger partial charge in [-0.2, -0.15) is 0 Å². The van der Waals surface area contributed by atoms with Crippen molar-refractivity contribution < 1.29 is 5.11 Å². The molecule has 1 unspecified atom stereocenters. The van der Waals surface area contributed by atoms with Crippen LogP contribution < -0.4 is 5.32 Å². The van der Waals surface area contributed by atoms with E-state index in [1.54, 1.807) is 0 Å². The number of rotatable bonds is 5. The third-order valence-corrected chi connectivity index (χ3v) is 4.47. The number of aromatic nitrogens is 3. The van der Waals surface area contributed by atoms with Crippen molar-refractivity contribution in [1.29, 1.82) is 0 Å². The van der Waals surface area contributed by atoms with Crippen LogP contribution in [0.1, 0.15) is 55.8 Å². The summed E-state index contributed by atoms with van der Waals surface area (Å²) in [5.74, 6) is 1.54. The van der Waals surface area contributed by atoms with Crippen LogP contribution in [0.3, 0.4) is 0 Å². The summed E-state index contributed by atoms with van der Waals surface area (Å²) in [6.07, 6.45) is 6.16. The molecule has 3 N–H and O–H groups in total. The highest BCUT2D eigenvalue weighted by molar-refractivity contribution is 5.75. The molecule has 1 aliphatic heterocycles. The van der Waals surface area contributed by atoms with E-state index in [-0.39, 0.29) is 12.5 Å². The topological polar surface area (TPSA) is 73.8 Å². The van der Waals surface area contributed by atoms with Crippen LogP contribution in [0.4, 0.5) is 0 Å². The van der Waals surface area contributed by atoms with Gasteiger partial charge in [-0.3, -0.25) is 0 Å². The van der Waals surface area contributed by atoms with Crippen LogP contribution in [0.5, 0.6) is 0 Å². The average Bonchev–Trinajstić information content (AvgIpc) is 2.97. The van der Waals surface area contributed by atoms with Crippen LogP contribution in [-0.2, 0) is 0 Å². The van der Waals surface area contributed by atoms with Gasteiger partial charge >= 0.3 is 0 Å². The fraction of sp³-hybridized carbons (Fsp3) is 0.625. The van der Waals surface area contributed by atoms with Crippen molar-refractivity contribution in [2.45, 2.75) is 44.4 Å². The first-order valence-electron chi connectivity index (χ1n) is 7.99. The quantitative estimate of drug-likeness (QED) is 0.789. The maximum atomic E-state index is 9.57. The van der Waals surface area contributed by atoms with Gasteiger partial charge in [0.2, 0.25) is 0 Å². The van der Waals surface area contributed by atoms with Crippen molar-refractivity contribution in [2.24, 2.45) is 0 Å². The van der Waals surface area contributed by atoms with Crippen molar-refractivity contribution in [3.05, 3.63) is 23.7 Å². The van der Waals surface area contributed by atoms with E-state index in [1.807, 2.05) is 6.20 Å². The number of hydrogen-bond acceptors (Lipinski definition) is 4. The lowest BCUT2D eigenvalue weighted by Crippen LogP contribution is -2.26. The van der Waals surface area contributed by atoms with E-state index < -0.39 is 0 Å². The molecule has 0 aliphatic carbocycles. The van der Waals surface area contributed by atoms with Crippen LogP contribution in [0.2, 0.25) is 0 Å². The SMILES string of the molecule is CCCC(CO)c1nc2nccc(C3CCNCC3)c2[nH]1. The minimum Gasteiger partial charge on any atom is -0.396 e. The number of pyridine rings is 1. The first kappa shape index (κ1) is 14.5. The molecular weight excluding hydrogens is 264 g/mol. The zero-order valence-corrected chi connectivity index (χ0v) is 12.6. The second-order valence-electron chi connectivity index (χ2n) is 5.91. The van der Waals surface area contributed by atoms with Crippen LogP contribution >= 0.6 is 0 Å². The minimum absolute atomic E-state index is 0.0880. The molecule has 1 atom stereocenters. The fourth-order valence-electron chi connectivity index (χ4n) is 3.28. The maximum absolute atomic E-state index is 9.57. The zero-order valence-electron chi connectivity index (χ0n) is 12.6. The van der Waals surface area contributed by atoms with Crippen molar-refractivity contribution >= 4 is 11.2 Å². The van der Waals surface area contributed by atoms with Crippen LogP contribution in [0.15, 0.2) is 12.3 Å². The molecule has 0 bridgehead atoms. The van der Waals surface area contributed by atoms with Crippen molar-refractivity contribution in [1.82, 2.24) is 20.3 Å². The molecule has 21 heavy (non-hydrogen) atoms. The van der Waals surface area contributed by atoms with Crippen LogP contribution in [-0.4, -0.2) is 39.8 Å². The number of piperidine rings is 1. The van der Waals surface area contributed by atoms with Crippen molar-refractivity contribution in [2.75, 3.05) is 19.7 Å². The lowest BCUT2D eigenvalue weighted by molar-refractivity contribution is 0.254. The van der Waals surface area contributed by atoms with E-state index >= 15 is 0 Å². The molecule has 114 valence electrons. The Morgan fingerprint density at radius 3 is 2.90 bits per heavy atom. The lowest BCUT2D eigenvalue weighted by atomic mass is 9.90. The first-order chi connectivity index (χ1) is 10.3. The predicted molar refractivity (Wildman–Crippen MR) is 83.5 cm³/mol. The van der Waals surface area contributed by atoms with E-state index in [9.17, 15) is 5.11 Å². The van der Waals surface area contributed by atoms with Gasteiger partial charge in [0.05, 0.1) is 12.1 Å². The third-order valence-electron chi connectivity index (χ3n) is 4.47. The van der Waals surface area contributed by atoms with Gasteiger partial charge in [-0.1, -0.05) is 13.3 Å². The molecule has 0 amide bonds. The third kappa shape index (κ3) is 2.94. The zero-order chi connectivity index (χ0) is 14.7. The largest absolute Gasteiger partial charge is 0.396 e. The molecule has 1 aliphatic rings. The Morgan fingerprint density at radius 1 is 1.38 bits per heavy atom. The summed E-state index contributed by atoms with van der Waals surface area (Å²) in [5, 5.41) is 13.0. The summed E-state index contributed by atoms with van der Waals surface area (Å²) in [4.78, 5) is 12.5. The van der Waals surface area contributed by atoms with Gasteiger partial charge in [0.1, 0.15) is 5.82 Å². The van der Waals surface area contributed by atoms with Gasteiger partial charge in [0.25, 0.3) is 0 Å². The number of imidazole rings is 1. The van der Waals surface area contributed by atoms with Gasteiger partial charge in [0, 0.05) is 12.1 Å². The minimum atomic E-state index is 0.0880. The van der Waals surface area contributed by atoms with Gasteiger partial charge in [0.15, 0.2) is 5.65 Å². The number of H-pyrrole nitrogens is 1. The average molecular weight is 288 g/mol.